The van der Waals surface area contributed by atoms with Crippen LogP contribution in [0.4, 0.5) is 10.3 Å². The second kappa shape index (κ2) is 7.97. The number of fused-ring (bicyclic) bond motifs is 1. The molecule has 1 atom stereocenters. The summed E-state index contributed by atoms with van der Waals surface area (Å²) in [4.78, 5) is 12.3. The number of anilines is 1. The van der Waals surface area contributed by atoms with Gasteiger partial charge < -0.3 is 15.0 Å². The van der Waals surface area contributed by atoms with E-state index in [9.17, 15) is 4.39 Å². The Balaban J connectivity index is 2.05. The molecule has 2 heterocycles. The minimum Gasteiger partial charge on any atom is -0.369 e. The van der Waals surface area contributed by atoms with Gasteiger partial charge in [-0.3, -0.25) is 0 Å². The van der Waals surface area contributed by atoms with Crippen LogP contribution in [0.2, 0.25) is 0 Å². The van der Waals surface area contributed by atoms with E-state index in [1.54, 1.807) is 17.1 Å². The smallest absolute Gasteiger partial charge is 0.222 e. The van der Waals surface area contributed by atoms with Crippen LogP contribution >= 0.6 is 7.92 Å². The molecule has 0 aliphatic carbocycles. The molecule has 8 heteroatoms. The Morgan fingerprint density at radius 3 is 2.57 bits per heavy atom. The van der Waals surface area contributed by atoms with E-state index < -0.39 is 12.8 Å². The van der Waals surface area contributed by atoms with Crippen molar-refractivity contribution >= 4 is 25.0 Å². The van der Waals surface area contributed by atoms with Gasteiger partial charge in [-0.15, -0.1) is 0 Å². The minimum atomic E-state index is -0.542. The van der Waals surface area contributed by atoms with Gasteiger partial charge in [0.2, 0.25) is 5.95 Å². The second-order valence-corrected chi connectivity index (χ2v) is 9.46. The maximum absolute atomic E-state index is 13.4. The van der Waals surface area contributed by atoms with Crippen LogP contribution in [0.15, 0.2) is 12.5 Å². The molecule has 2 aromatic heterocycles. The van der Waals surface area contributed by atoms with Crippen molar-refractivity contribution in [2.45, 2.75) is 51.7 Å². The van der Waals surface area contributed by atoms with E-state index in [1.807, 2.05) is 0 Å². The summed E-state index contributed by atoms with van der Waals surface area (Å²) < 4.78 is 21.0. The average Bonchev–Trinajstić information content (AvgIpc) is 2.87. The van der Waals surface area contributed by atoms with Crippen molar-refractivity contribution in [3.8, 4) is 0 Å². The Kier molecular flexibility index (Phi) is 6.25. The Labute approximate surface area is 137 Å². The molecular weight excluding hydrogens is 316 g/mol. The van der Waals surface area contributed by atoms with Gasteiger partial charge in [0.15, 0.2) is 5.65 Å². The Morgan fingerprint density at radius 1 is 1.26 bits per heavy atom. The van der Waals surface area contributed by atoms with Crippen LogP contribution in [-0.4, -0.2) is 50.0 Å². The molecule has 0 aromatic carbocycles. The first-order valence-electron chi connectivity index (χ1n) is 7.79. The van der Waals surface area contributed by atoms with E-state index >= 15 is 0 Å². The maximum atomic E-state index is 13.4. The molecule has 23 heavy (non-hydrogen) atoms. The lowest BCUT2D eigenvalue weighted by Crippen LogP contribution is -2.24. The van der Waals surface area contributed by atoms with Gasteiger partial charge in [0.05, 0.1) is 25.4 Å². The number of alkyl halides is 1. The fourth-order valence-electron chi connectivity index (χ4n) is 2.45. The zero-order valence-electron chi connectivity index (χ0n) is 14.1. The first-order valence-corrected chi connectivity index (χ1v) is 9.45. The predicted molar refractivity (Wildman–Crippen MR) is 92.6 cm³/mol. The summed E-state index contributed by atoms with van der Waals surface area (Å²) in [6, 6.07) is 0. The molecule has 0 spiro atoms. The van der Waals surface area contributed by atoms with E-state index in [1.165, 1.54) is 0 Å². The summed E-state index contributed by atoms with van der Waals surface area (Å²) >= 11 is 0. The number of aromatic nitrogens is 4. The van der Waals surface area contributed by atoms with E-state index in [4.69, 9.17) is 10.5 Å². The first-order chi connectivity index (χ1) is 10.9. The van der Waals surface area contributed by atoms with Gasteiger partial charge in [-0.25, -0.2) is 14.4 Å². The van der Waals surface area contributed by atoms with Gasteiger partial charge in [-0.05, 0) is 11.3 Å². The molecule has 0 saturated carbocycles. The summed E-state index contributed by atoms with van der Waals surface area (Å²) in [5, 5.41) is 0. The fourth-order valence-corrected chi connectivity index (χ4v) is 4.63. The van der Waals surface area contributed by atoms with Crippen LogP contribution in [0.25, 0.3) is 11.2 Å². The van der Waals surface area contributed by atoms with Crippen LogP contribution in [-0.2, 0) is 11.3 Å². The van der Waals surface area contributed by atoms with Gasteiger partial charge in [0, 0.05) is 0 Å². The number of nitrogens with two attached hydrogens (primary N) is 1. The lowest BCUT2D eigenvalue weighted by Gasteiger charge is -2.27. The Morgan fingerprint density at radius 2 is 1.96 bits per heavy atom. The highest BCUT2D eigenvalue weighted by molar-refractivity contribution is 7.58. The Hall–Kier alpha value is -1.33. The summed E-state index contributed by atoms with van der Waals surface area (Å²) in [6.45, 7) is 8.61. The first kappa shape index (κ1) is 18.0. The van der Waals surface area contributed by atoms with E-state index in [2.05, 4.69) is 42.6 Å². The molecule has 0 fully saturated rings. The summed E-state index contributed by atoms with van der Waals surface area (Å²) in [5.41, 5.74) is 7.99. The number of hydrogen-bond acceptors (Lipinski definition) is 5. The molecule has 0 amide bonds. The van der Waals surface area contributed by atoms with Crippen molar-refractivity contribution in [3.05, 3.63) is 12.5 Å². The third-order valence-corrected chi connectivity index (χ3v) is 6.84. The molecule has 128 valence electrons. The molecule has 0 saturated heterocycles. The minimum absolute atomic E-state index is 0.181. The van der Waals surface area contributed by atoms with Gasteiger partial charge in [0.1, 0.15) is 18.3 Å². The molecule has 2 rings (SSSR count). The van der Waals surface area contributed by atoms with Gasteiger partial charge >= 0.3 is 0 Å². The zero-order valence-corrected chi connectivity index (χ0v) is 15.0. The summed E-state index contributed by atoms with van der Waals surface area (Å²) in [6.07, 6.45) is 3.30. The summed E-state index contributed by atoms with van der Waals surface area (Å²) in [5.74, 6) is 0.181. The number of halogens is 1. The molecular formula is C15H25FN5OP. The second-order valence-electron chi connectivity index (χ2n) is 6.11. The van der Waals surface area contributed by atoms with Gasteiger partial charge in [-0.2, -0.15) is 4.98 Å². The van der Waals surface area contributed by atoms with Crippen molar-refractivity contribution < 1.29 is 9.13 Å². The standard InChI is InChI=1S/C15H25FN5OP/c1-10(2)23(11(3)4)9-22-12(5-16)7-21-8-19-13-6-18-15(17)20-14(13)21/h6,8,10-12H,5,7,9H2,1-4H3,(H2,17,18,20). The molecule has 1 unspecified atom stereocenters. The fraction of sp³-hybridized carbons (Fsp3) is 0.667. The number of ether oxygens (including phenoxy) is 1. The molecule has 0 aliphatic heterocycles. The molecule has 2 N–H and O–H groups in total. The predicted octanol–water partition coefficient (Wildman–Crippen LogP) is 3.02. The van der Waals surface area contributed by atoms with Crippen molar-refractivity contribution in [3.63, 3.8) is 0 Å². The lowest BCUT2D eigenvalue weighted by atomic mass is 10.4. The SMILES string of the molecule is CC(C)P(COC(CF)Cn1cnc2cnc(N)nc21)C(C)C. The van der Waals surface area contributed by atoms with E-state index in [-0.39, 0.29) is 13.9 Å². The number of imidazole rings is 1. The highest BCUT2D eigenvalue weighted by atomic mass is 31.1. The van der Waals surface area contributed by atoms with Crippen molar-refractivity contribution in [1.29, 1.82) is 0 Å². The zero-order chi connectivity index (χ0) is 17.0. The molecule has 0 radical (unpaired) electrons. The highest BCUT2D eigenvalue weighted by Gasteiger charge is 2.20. The number of nitrogen functional groups attached to an aromatic ring is 1. The topological polar surface area (TPSA) is 78.8 Å². The van der Waals surface area contributed by atoms with Crippen LogP contribution in [0.1, 0.15) is 27.7 Å². The van der Waals surface area contributed by atoms with Crippen LogP contribution in [0.3, 0.4) is 0 Å². The van der Waals surface area contributed by atoms with Crippen molar-refractivity contribution in [2.75, 3.05) is 18.8 Å². The Bertz CT molecular complexity index is 625. The van der Waals surface area contributed by atoms with Crippen LogP contribution in [0.5, 0.6) is 0 Å². The van der Waals surface area contributed by atoms with E-state index in [0.717, 1.165) is 0 Å². The molecule has 2 aromatic rings. The van der Waals surface area contributed by atoms with E-state index in [0.29, 0.717) is 35.4 Å². The average molecular weight is 341 g/mol. The number of rotatable bonds is 8. The van der Waals surface area contributed by atoms with Crippen LogP contribution in [0, 0.1) is 0 Å². The highest BCUT2D eigenvalue weighted by Crippen LogP contribution is 2.45. The summed E-state index contributed by atoms with van der Waals surface area (Å²) in [7, 11) is -0.279. The van der Waals surface area contributed by atoms with Gasteiger partial charge in [0.25, 0.3) is 0 Å². The molecule has 6 nitrogen and oxygen atoms in total. The van der Waals surface area contributed by atoms with Crippen molar-refractivity contribution in [1.82, 2.24) is 19.5 Å². The third-order valence-electron chi connectivity index (χ3n) is 3.74. The quantitative estimate of drug-likeness (QED) is 0.747. The van der Waals surface area contributed by atoms with Crippen molar-refractivity contribution in [2.24, 2.45) is 0 Å². The normalized spacial score (nSPS) is 13.6. The number of nitrogens with zero attached hydrogens (tertiary/aromatic N) is 4. The molecule has 0 bridgehead atoms. The van der Waals surface area contributed by atoms with Gasteiger partial charge in [-0.1, -0.05) is 35.6 Å². The monoisotopic (exact) mass is 341 g/mol. The molecule has 0 aliphatic rings. The maximum Gasteiger partial charge on any atom is 0.222 e. The third kappa shape index (κ3) is 4.58. The lowest BCUT2D eigenvalue weighted by molar-refractivity contribution is 0.0537. The number of hydrogen-bond donors (Lipinski definition) is 1. The largest absolute Gasteiger partial charge is 0.369 e. The van der Waals surface area contributed by atoms with Crippen LogP contribution < -0.4 is 5.73 Å².